The number of aromatic nitrogens is 2. The predicted octanol–water partition coefficient (Wildman–Crippen LogP) is 1.28. The molecule has 1 aromatic rings. The molecule has 0 amide bonds. The molecule has 0 atom stereocenters. The molecule has 0 aromatic carbocycles. The average Bonchev–Trinajstić information content (AvgIpc) is 2.51. The Bertz CT molecular complexity index is 295. The summed E-state index contributed by atoms with van der Waals surface area (Å²) in [6.07, 6.45) is 2.72. The predicted molar refractivity (Wildman–Crippen MR) is 60.9 cm³/mol. The first-order chi connectivity index (χ1) is 7.19. The first-order valence-corrected chi connectivity index (χ1v) is 5.56. The van der Waals surface area contributed by atoms with Crippen LogP contribution in [0.4, 0.5) is 0 Å². The minimum absolute atomic E-state index is 0.179. The molecular formula is C10H18ClN3O. The number of halogens is 1. The van der Waals surface area contributed by atoms with E-state index in [1.807, 2.05) is 11.6 Å². The van der Waals surface area contributed by atoms with Crippen LogP contribution in [0.2, 0.25) is 5.15 Å². The van der Waals surface area contributed by atoms with Crippen molar-refractivity contribution in [3.63, 3.8) is 0 Å². The monoisotopic (exact) mass is 231 g/mol. The van der Waals surface area contributed by atoms with Gasteiger partial charge in [-0.05, 0) is 13.0 Å². The van der Waals surface area contributed by atoms with Crippen LogP contribution in [0.1, 0.15) is 19.2 Å². The molecule has 0 bridgehead atoms. The normalized spacial score (nSPS) is 11.3. The molecule has 0 fully saturated rings. The van der Waals surface area contributed by atoms with E-state index in [1.54, 1.807) is 6.20 Å². The van der Waals surface area contributed by atoms with Gasteiger partial charge in [-0.3, -0.25) is 4.90 Å². The summed E-state index contributed by atoms with van der Waals surface area (Å²) in [5.74, 6) is 0.932. The van der Waals surface area contributed by atoms with Gasteiger partial charge in [-0.1, -0.05) is 18.5 Å². The third kappa shape index (κ3) is 3.48. The van der Waals surface area contributed by atoms with Crippen LogP contribution in [-0.2, 0) is 13.6 Å². The van der Waals surface area contributed by atoms with E-state index in [2.05, 4.69) is 16.8 Å². The third-order valence-corrected chi connectivity index (χ3v) is 2.70. The highest BCUT2D eigenvalue weighted by atomic mass is 35.5. The van der Waals surface area contributed by atoms with Gasteiger partial charge in [0, 0.05) is 13.6 Å². The van der Waals surface area contributed by atoms with Gasteiger partial charge >= 0.3 is 0 Å². The van der Waals surface area contributed by atoms with Gasteiger partial charge in [-0.25, -0.2) is 4.98 Å². The molecule has 0 radical (unpaired) electrons. The molecule has 1 rings (SSSR count). The van der Waals surface area contributed by atoms with E-state index < -0.39 is 0 Å². The fourth-order valence-electron chi connectivity index (χ4n) is 1.50. The lowest BCUT2D eigenvalue weighted by molar-refractivity contribution is 0.186. The van der Waals surface area contributed by atoms with E-state index in [4.69, 9.17) is 16.7 Å². The first-order valence-electron chi connectivity index (χ1n) is 5.18. The summed E-state index contributed by atoms with van der Waals surface area (Å²) in [7, 11) is 1.90. The zero-order valence-corrected chi connectivity index (χ0v) is 10.0. The van der Waals surface area contributed by atoms with E-state index in [-0.39, 0.29) is 6.61 Å². The van der Waals surface area contributed by atoms with Crippen molar-refractivity contribution in [2.24, 2.45) is 7.05 Å². The van der Waals surface area contributed by atoms with Crippen molar-refractivity contribution in [1.82, 2.24) is 14.5 Å². The molecule has 0 unspecified atom stereocenters. The molecule has 0 spiro atoms. The second kappa shape index (κ2) is 6.10. The average molecular weight is 232 g/mol. The fourth-order valence-corrected chi connectivity index (χ4v) is 1.65. The standard InChI is InChI=1S/C10H18ClN3O/c1-3-4-14(5-6-15)8-10-12-7-9(11)13(10)2/h7,15H,3-6,8H2,1-2H3. The lowest BCUT2D eigenvalue weighted by atomic mass is 10.4. The number of imidazole rings is 1. The van der Waals surface area contributed by atoms with Crippen LogP contribution in [0, 0.1) is 0 Å². The van der Waals surface area contributed by atoms with Gasteiger partial charge in [-0.15, -0.1) is 0 Å². The summed E-state index contributed by atoms with van der Waals surface area (Å²) in [5, 5.41) is 9.56. The Morgan fingerprint density at radius 3 is 2.73 bits per heavy atom. The Balaban J connectivity index is 2.60. The summed E-state index contributed by atoms with van der Waals surface area (Å²) in [4.78, 5) is 6.39. The van der Waals surface area contributed by atoms with Crippen LogP contribution >= 0.6 is 11.6 Å². The molecule has 86 valence electrons. The number of aliphatic hydroxyl groups is 1. The van der Waals surface area contributed by atoms with E-state index in [0.717, 1.165) is 25.3 Å². The Morgan fingerprint density at radius 2 is 2.27 bits per heavy atom. The Kier molecular flexibility index (Phi) is 5.08. The molecule has 0 saturated heterocycles. The summed E-state index contributed by atoms with van der Waals surface area (Å²) in [6.45, 7) is 4.68. The zero-order valence-electron chi connectivity index (χ0n) is 9.28. The number of hydrogen-bond donors (Lipinski definition) is 1. The van der Waals surface area contributed by atoms with Crippen LogP contribution in [0.5, 0.6) is 0 Å². The van der Waals surface area contributed by atoms with Crippen LogP contribution in [0.15, 0.2) is 6.20 Å². The molecule has 0 saturated carbocycles. The maximum Gasteiger partial charge on any atom is 0.128 e. The fraction of sp³-hybridized carbons (Fsp3) is 0.700. The molecule has 4 nitrogen and oxygen atoms in total. The third-order valence-electron chi connectivity index (χ3n) is 2.35. The van der Waals surface area contributed by atoms with Gasteiger partial charge in [-0.2, -0.15) is 0 Å². The van der Waals surface area contributed by atoms with Gasteiger partial charge in [0.25, 0.3) is 0 Å². The van der Waals surface area contributed by atoms with Crippen LogP contribution < -0.4 is 0 Å². The zero-order chi connectivity index (χ0) is 11.3. The van der Waals surface area contributed by atoms with Gasteiger partial charge in [0.1, 0.15) is 11.0 Å². The summed E-state index contributed by atoms with van der Waals surface area (Å²) >= 11 is 5.90. The lowest BCUT2D eigenvalue weighted by Gasteiger charge is -2.19. The van der Waals surface area contributed by atoms with Gasteiger partial charge < -0.3 is 9.67 Å². The quantitative estimate of drug-likeness (QED) is 0.802. The maximum atomic E-state index is 8.92. The SMILES string of the molecule is CCCN(CCO)Cc1ncc(Cl)n1C. The lowest BCUT2D eigenvalue weighted by Crippen LogP contribution is -2.28. The van der Waals surface area contributed by atoms with Crippen molar-refractivity contribution in [1.29, 1.82) is 0 Å². The van der Waals surface area contributed by atoms with Crippen LogP contribution in [0.25, 0.3) is 0 Å². The first kappa shape index (κ1) is 12.5. The van der Waals surface area contributed by atoms with E-state index >= 15 is 0 Å². The molecular weight excluding hydrogens is 214 g/mol. The second-order valence-corrected chi connectivity index (χ2v) is 3.94. The summed E-state index contributed by atoms with van der Waals surface area (Å²) < 4.78 is 1.86. The van der Waals surface area contributed by atoms with E-state index in [0.29, 0.717) is 11.7 Å². The second-order valence-electron chi connectivity index (χ2n) is 3.56. The van der Waals surface area contributed by atoms with Crippen LogP contribution in [-0.4, -0.2) is 39.3 Å². The summed E-state index contributed by atoms with van der Waals surface area (Å²) in [5.41, 5.74) is 0. The minimum atomic E-state index is 0.179. The number of hydrogen-bond acceptors (Lipinski definition) is 3. The molecule has 15 heavy (non-hydrogen) atoms. The summed E-state index contributed by atoms with van der Waals surface area (Å²) in [6, 6.07) is 0. The molecule has 0 aliphatic rings. The molecule has 1 N–H and O–H groups in total. The van der Waals surface area contributed by atoms with Crippen molar-refractivity contribution < 1.29 is 5.11 Å². The van der Waals surface area contributed by atoms with Crippen molar-refractivity contribution in [3.05, 3.63) is 17.2 Å². The van der Waals surface area contributed by atoms with Crippen LogP contribution in [0.3, 0.4) is 0 Å². The minimum Gasteiger partial charge on any atom is -0.395 e. The smallest absolute Gasteiger partial charge is 0.128 e. The van der Waals surface area contributed by atoms with E-state index in [1.165, 1.54) is 0 Å². The van der Waals surface area contributed by atoms with Gasteiger partial charge in [0.05, 0.1) is 19.3 Å². The highest BCUT2D eigenvalue weighted by Gasteiger charge is 2.09. The van der Waals surface area contributed by atoms with Crippen molar-refractivity contribution in [2.45, 2.75) is 19.9 Å². The van der Waals surface area contributed by atoms with Gasteiger partial charge in [0.2, 0.25) is 0 Å². The molecule has 0 aliphatic carbocycles. The van der Waals surface area contributed by atoms with Crippen molar-refractivity contribution >= 4 is 11.6 Å². The van der Waals surface area contributed by atoms with Crippen molar-refractivity contribution in [2.75, 3.05) is 19.7 Å². The molecule has 1 heterocycles. The number of nitrogens with zero attached hydrogens (tertiary/aromatic N) is 3. The topological polar surface area (TPSA) is 41.3 Å². The Hall–Kier alpha value is -0.580. The van der Waals surface area contributed by atoms with E-state index in [9.17, 15) is 0 Å². The maximum absolute atomic E-state index is 8.92. The molecule has 5 heteroatoms. The van der Waals surface area contributed by atoms with Crippen molar-refractivity contribution in [3.8, 4) is 0 Å². The molecule has 0 aliphatic heterocycles. The number of aliphatic hydroxyl groups excluding tert-OH is 1. The highest BCUT2D eigenvalue weighted by molar-refractivity contribution is 6.29. The Morgan fingerprint density at radius 1 is 1.53 bits per heavy atom. The Labute approximate surface area is 95.5 Å². The highest BCUT2D eigenvalue weighted by Crippen LogP contribution is 2.11. The van der Waals surface area contributed by atoms with Gasteiger partial charge in [0.15, 0.2) is 0 Å². The largest absolute Gasteiger partial charge is 0.395 e. The molecule has 1 aromatic heterocycles. The number of rotatable bonds is 6.